The fraction of sp³-hybridized carbons (Fsp3) is 0.267. The first-order valence-electron chi connectivity index (χ1n) is 13.3. The largest absolute Gasteiger partial charge is 0.497 e. The molecule has 2 aromatic carbocycles. The number of carbonyl (C=O) groups excluding carboxylic acids is 1. The topological polar surface area (TPSA) is 150 Å². The van der Waals surface area contributed by atoms with Gasteiger partial charge in [0.25, 0.3) is 10.0 Å². The lowest BCUT2D eigenvalue weighted by Gasteiger charge is -2.12. The molecular formula is C30H32N6O4S2. The number of carbonyl (C=O) groups is 1. The number of anilines is 2. The second kappa shape index (κ2) is 13.5. The summed E-state index contributed by atoms with van der Waals surface area (Å²) in [6, 6.07) is 16.1. The summed E-state index contributed by atoms with van der Waals surface area (Å²) in [6.45, 7) is 5.29. The van der Waals surface area contributed by atoms with Crippen LogP contribution in [0.1, 0.15) is 42.5 Å². The number of hydrogen-bond donors (Lipinski definition) is 3. The van der Waals surface area contributed by atoms with Gasteiger partial charge in [0.15, 0.2) is 0 Å². The number of aryl methyl sites for hydroxylation is 2. The molecule has 218 valence electrons. The van der Waals surface area contributed by atoms with Crippen LogP contribution in [0.4, 0.5) is 11.5 Å². The Balaban J connectivity index is 1.70. The van der Waals surface area contributed by atoms with Gasteiger partial charge in [-0.3, -0.25) is 19.6 Å². The van der Waals surface area contributed by atoms with Gasteiger partial charge in [-0.1, -0.05) is 25.5 Å². The smallest absolute Gasteiger partial charge is 0.263 e. The van der Waals surface area contributed by atoms with Gasteiger partial charge in [-0.25, -0.2) is 8.42 Å². The summed E-state index contributed by atoms with van der Waals surface area (Å²) in [5.41, 5.74) is 4.89. The fourth-order valence-electron chi connectivity index (χ4n) is 4.56. The second-order valence-electron chi connectivity index (χ2n) is 9.58. The number of methoxy groups -OCH3 is 1. The standard InChI is InChI=1S/C30H32N6O4S2/c1-5-7-21-8-6-9-22(18-31)26(21)11-13-41-30-28(27-16-23(10-12-32-27)33-20(3)37)29(34-35-30)36-42(38,39)25-15-19(2)14-24(17-25)40-4/h6,8-10,12,14-17H,5,7,11,13H2,1-4H3,(H,32,33,37)(H2,34,35,36). The Labute approximate surface area is 250 Å². The van der Waals surface area contributed by atoms with Crippen LogP contribution in [-0.4, -0.2) is 42.4 Å². The normalized spacial score (nSPS) is 11.1. The Kier molecular flexibility index (Phi) is 9.88. The van der Waals surface area contributed by atoms with E-state index in [1.165, 1.54) is 38.1 Å². The number of ether oxygens (including phenoxy) is 1. The van der Waals surface area contributed by atoms with E-state index in [0.29, 0.717) is 45.5 Å². The molecule has 4 aromatic rings. The fourth-order valence-corrected chi connectivity index (χ4v) is 6.67. The van der Waals surface area contributed by atoms with Gasteiger partial charge in [0.05, 0.1) is 34.9 Å². The lowest BCUT2D eigenvalue weighted by Crippen LogP contribution is -2.14. The summed E-state index contributed by atoms with van der Waals surface area (Å²) >= 11 is 1.42. The van der Waals surface area contributed by atoms with Crippen molar-refractivity contribution in [1.29, 1.82) is 5.26 Å². The molecule has 0 saturated carbocycles. The van der Waals surface area contributed by atoms with Gasteiger partial charge in [0, 0.05) is 30.6 Å². The van der Waals surface area contributed by atoms with Crippen molar-refractivity contribution in [2.75, 3.05) is 22.9 Å². The SMILES string of the molecule is CCCc1cccc(C#N)c1CCSc1n[nH]c(NS(=O)(=O)c2cc(C)cc(OC)c2)c1-c1cc(NC(C)=O)ccn1. The van der Waals surface area contributed by atoms with E-state index in [-0.39, 0.29) is 16.6 Å². The third-order valence-corrected chi connectivity index (χ3v) is 8.69. The molecule has 0 fully saturated rings. The molecule has 0 bridgehead atoms. The Hall–Kier alpha value is -4.34. The van der Waals surface area contributed by atoms with E-state index in [2.05, 4.69) is 44.3 Å². The average molecular weight is 605 g/mol. The van der Waals surface area contributed by atoms with Gasteiger partial charge in [0.1, 0.15) is 16.6 Å². The number of amides is 1. The van der Waals surface area contributed by atoms with Crippen molar-refractivity contribution in [3.8, 4) is 23.1 Å². The lowest BCUT2D eigenvalue weighted by atomic mass is 9.96. The van der Waals surface area contributed by atoms with E-state index in [1.807, 2.05) is 12.1 Å². The number of nitriles is 1. The number of thioether (sulfide) groups is 1. The number of aromatic nitrogens is 3. The zero-order valence-corrected chi connectivity index (χ0v) is 25.4. The van der Waals surface area contributed by atoms with E-state index < -0.39 is 10.0 Å². The third-order valence-electron chi connectivity index (χ3n) is 6.38. The van der Waals surface area contributed by atoms with Crippen molar-refractivity contribution in [1.82, 2.24) is 15.2 Å². The summed E-state index contributed by atoms with van der Waals surface area (Å²) < 4.78 is 34.8. The van der Waals surface area contributed by atoms with E-state index in [1.54, 1.807) is 31.2 Å². The van der Waals surface area contributed by atoms with Gasteiger partial charge in [-0.2, -0.15) is 10.4 Å². The van der Waals surface area contributed by atoms with Crippen LogP contribution < -0.4 is 14.8 Å². The summed E-state index contributed by atoms with van der Waals surface area (Å²) in [7, 11) is -2.57. The molecule has 0 aliphatic carbocycles. The molecule has 2 heterocycles. The highest BCUT2D eigenvalue weighted by molar-refractivity contribution is 7.99. The molecule has 12 heteroatoms. The number of benzene rings is 2. The monoisotopic (exact) mass is 604 g/mol. The van der Waals surface area contributed by atoms with Crippen molar-refractivity contribution in [2.24, 2.45) is 0 Å². The van der Waals surface area contributed by atoms with Crippen LogP contribution in [-0.2, 0) is 27.7 Å². The summed E-state index contributed by atoms with van der Waals surface area (Å²) in [4.78, 5) is 16.2. The molecule has 0 aliphatic heterocycles. The van der Waals surface area contributed by atoms with Crippen LogP contribution in [0.5, 0.6) is 5.75 Å². The van der Waals surface area contributed by atoms with Gasteiger partial charge in [0.2, 0.25) is 5.91 Å². The Morgan fingerprint density at radius 2 is 1.98 bits per heavy atom. The average Bonchev–Trinajstić information content (AvgIpc) is 3.34. The molecular weight excluding hydrogens is 573 g/mol. The zero-order chi connectivity index (χ0) is 30.3. The summed E-state index contributed by atoms with van der Waals surface area (Å²) in [5.74, 6) is 0.887. The molecule has 0 saturated heterocycles. The number of nitrogens with one attached hydrogen (secondary N) is 3. The van der Waals surface area contributed by atoms with Gasteiger partial charge < -0.3 is 10.1 Å². The molecule has 4 rings (SSSR count). The van der Waals surface area contributed by atoms with E-state index in [0.717, 1.165) is 29.5 Å². The number of H-pyrrole nitrogens is 1. The number of aromatic amines is 1. The number of hydrogen-bond acceptors (Lipinski definition) is 8. The first-order chi connectivity index (χ1) is 20.1. The van der Waals surface area contributed by atoms with Crippen LogP contribution in [0.2, 0.25) is 0 Å². The zero-order valence-electron chi connectivity index (χ0n) is 23.8. The number of pyridine rings is 1. The summed E-state index contributed by atoms with van der Waals surface area (Å²) in [5, 5.41) is 20.2. The van der Waals surface area contributed by atoms with Crippen LogP contribution in [0.3, 0.4) is 0 Å². The molecule has 3 N–H and O–H groups in total. The van der Waals surface area contributed by atoms with Crippen molar-refractivity contribution >= 4 is 39.2 Å². The molecule has 0 atom stereocenters. The van der Waals surface area contributed by atoms with Crippen molar-refractivity contribution in [3.05, 3.63) is 77.0 Å². The van der Waals surface area contributed by atoms with Crippen LogP contribution in [0.25, 0.3) is 11.3 Å². The molecule has 10 nitrogen and oxygen atoms in total. The maximum absolute atomic E-state index is 13.5. The van der Waals surface area contributed by atoms with E-state index >= 15 is 0 Å². The number of sulfonamides is 1. The second-order valence-corrected chi connectivity index (χ2v) is 12.4. The molecule has 0 aliphatic rings. The quantitative estimate of drug-likeness (QED) is 0.174. The molecule has 0 spiro atoms. The van der Waals surface area contributed by atoms with Crippen molar-refractivity contribution in [3.63, 3.8) is 0 Å². The van der Waals surface area contributed by atoms with Crippen molar-refractivity contribution in [2.45, 2.75) is 50.0 Å². The predicted octanol–water partition coefficient (Wildman–Crippen LogP) is 5.71. The van der Waals surface area contributed by atoms with Crippen LogP contribution >= 0.6 is 11.8 Å². The molecule has 0 unspecified atom stereocenters. The molecule has 42 heavy (non-hydrogen) atoms. The first-order valence-corrected chi connectivity index (χ1v) is 15.8. The minimum absolute atomic E-state index is 0.0330. The highest BCUT2D eigenvalue weighted by atomic mass is 32.2. The Bertz CT molecular complexity index is 1740. The Morgan fingerprint density at radius 1 is 1.17 bits per heavy atom. The maximum atomic E-state index is 13.5. The van der Waals surface area contributed by atoms with Crippen molar-refractivity contribution < 1.29 is 17.9 Å². The highest BCUT2D eigenvalue weighted by Crippen LogP contribution is 2.37. The molecule has 1 amide bonds. The third kappa shape index (κ3) is 7.29. The Morgan fingerprint density at radius 3 is 2.69 bits per heavy atom. The van der Waals surface area contributed by atoms with E-state index in [4.69, 9.17) is 4.74 Å². The summed E-state index contributed by atoms with van der Waals surface area (Å²) in [6.07, 6.45) is 4.00. The number of nitrogens with zero attached hydrogens (tertiary/aromatic N) is 3. The number of rotatable bonds is 12. The van der Waals surface area contributed by atoms with Gasteiger partial charge >= 0.3 is 0 Å². The molecule has 0 radical (unpaired) electrons. The lowest BCUT2D eigenvalue weighted by molar-refractivity contribution is -0.114. The van der Waals surface area contributed by atoms with Crippen LogP contribution in [0, 0.1) is 18.3 Å². The van der Waals surface area contributed by atoms with Crippen LogP contribution in [0.15, 0.2) is 64.6 Å². The predicted molar refractivity (Wildman–Crippen MR) is 164 cm³/mol. The highest BCUT2D eigenvalue weighted by Gasteiger charge is 2.24. The first kappa shape index (κ1) is 30.6. The molecule has 2 aromatic heterocycles. The maximum Gasteiger partial charge on any atom is 0.263 e. The van der Waals surface area contributed by atoms with Gasteiger partial charge in [-0.05, 0) is 66.8 Å². The van der Waals surface area contributed by atoms with E-state index in [9.17, 15) is 18.5 Å². The minimum atomic E-state index is -4.04. The van der Waals surface area contributed by atoms with Gasteiger partial charge in [-0.15, -0.1) is 11.8 Å². The minimum Gasteiger partial charge on any atom is -0.497 e.